The molecule has 0 atom stereocenters. The second kappa shape index (κ2) is 6.53. The molecule has 0 amide bonds. The molecule has 4 aliphatic rings. The molecule has 4 rings (SSSR count). The predicted octanol–water partition coefficient (Wildman–Crippen LogP) is 4.75. The lowest BCUT2D eigenvalue weighted by Crippen LogP contribution is -2.58. The minimum absolute atomic E-state index is 0.0247. The Morgan fingerprint density at radius 1 is 0.923 bits per heavy atom. The molecular weight excluding hydrogens is 328 g/mol. The smallest absolute Gasteiger partial charge is 0.344 e. The highest BCUT2D eigenvalue weighted by atomic mass is 16.6. The van der Waals surface area contributed by atoms with Gasteiger partial charge in [-0.3, -0.25) is 4.79 Å². The van der Waals surface area contributed by atoms with E-state index in [9.17, 15) is 9.59 Å². The third-order valence-electron chi connectivity index (χ3n) is 6.94. The van der Waals surface area contributed by atoms with Crippen LogP contribution >= 0.6 is 0 Å². The van der Waals surface area contributed by atoms with Crippen LogP contribution in [0.3, 0.4) is 0 Å². The summed E-state index contributed by atoms with van der Waals surface area (Å²) in [6, 6.07) is 0. The Hall–Kier alpha value is -1.06. The molecule has 0 aromatic heterocycles. The summed E-state index contributed by atoms with van der Waals surface area (Å²) < 4.78 is 11.3. The van der Waals surface area contributed by atoms with E-state index in [0.717, 1.165) is 11.8 Å². The zero-order valence-electron chi connectivity index (χ0n) is 17.4. The monoisotopic (exact) mass is 364 g/mol. The maximum absolute atomic E-state index is 12.5. The van der Waals surface area contributed by atoms with E-state index in [1.807, 2.05) is 13.8 Å². The standard InChI is InChI=1S/C22H36O4/c1-20(2,3)13-21(4,5)19(24)25-12-18(23)26-22(6)16-8-14-7-15(10-16)11-17(22)9-14/h14-17H,7-13H2,1-6H3. The van der Waals surface area contributed by atoms with Gasteiger partial charge in [-0.15, -0.1) is 0 Å². The van der Waals surface area contributed by atoms with Crippen LogP contribution in [0, 0.1) is 34.5 Å². The van der Waals surface area contributed by atoms with Gasteiger partial charge in [-0.2, -0.15) is 0 Å². The number of hydrogen-bond acceptors (Lipinski definition) is 4. The fourth-order valence-electron chi connectivity index (χ4n) is 6.28. The summed E-state index contributed by atoms with van der Waals surface area (Å²) in [5.41, 5.74) is -0.945. The summed E-state index contributed by atoms with van der Waals surface area (Å²) in [5, 5.41) is 0. The van der Waals surface area contributed by atoms with Crippen molar-refractivity contribution in [2.24, 2.45) is 34.5 Å². The minimum atomic E-state index is -0.606. The van der Waals surface area contributed by atoms with Gasteiger partial charge in [0.05, 0.1) is 5.41 Å². The molecule has 148 valence electrons. The summed E-state index contributed by atoms with van der Waals surface area (Å²) in [6.07, 6.45) is 6.84. The first-order chi connectivity index (χ1) is 11.9. The van der Waals surface area contributed by atoms with E-state index in [2.05, 4.69) is 27.7 Å². The lowest BCUT2D eigenvalue weighted by molar-refractivity contribution is -0.208. The predicted molar refractivity (Wildman–Crippen MR) is 100 cm³/mol. The molecule has 0 unspecified atom stereocenters. The van der Waals surface area contributed by atoms with Gasteiger partial charge in [0.15, 0.2) is 6.61 Å². The van der Waals surface area contributed by atoms with Crippen LogP contribution in [0.25, 0.3) is 0 Å². The Morgan fingerprint density at radius 2 is 1.42 bits per heavy atom. The molecule has 0 N–H and O–H groups in total. The van der Waals surface area contributed by atoms with E-state index < -0.39 is 5.41 Å². The van der Waals surface area contributed by atoms with Crippen molar-refractivity contribution in [2.45, 2.75) is 85.7 Å². The van der Waals surface area contributed by atoms with Crippen LogP contribution in [-0.2, 0) is 19.1 Å². The molecule has 0 heterocycles. The first kappa shape index (κ1) is 19.7. The van der Waals surface area contributed by atoms with Crippen LogP contribution in [0.1, 0.15) is 80.1 Å². The maximum Gasteiger partial charge on any atom is 0.344 e. The van der Waals surface area contributed by atoms with Crippen LogP contribution in [-0.4, -0.2) is 24.1 Å². The van der Waals surface area contributed by atoms with Gasteiger partial charge in [0, 0.05) is 0 Å². The highest BCUT2D eigenvalue weighted by Crippen LogP contribution is 2.59. The lowest BCUT2D eigenvalue weighted by atomic mass is 9.50. The highest BCUT2D eigenvalue weighted by Gasteiger charge is 2.57. The fraction of sp³-hybridized carbons (Fsp3) is 0.909. The van der Waals surface area contributed by atoms with Gasteiger partial charge in [-0.1, -0.05) is 20.8 Å². The molecule has 0 aromatic carbocycles. The Morgan fingerprint density at radius 3 is 1.88 bits per heavy atom. The van der Waals surface area contributed by atoms with Gasteiger partial charge in [0.2, 0.25) is 0 Å². The maximum atomic E-state index is 12.5. The molecule has 4 aliphatic carbocycles. The average Bonchev–Trinajstić information content (AvgIpc) is 2.47. The minimum Gasteiger partial charge on any atom is -0.456 e. The average molecular weight is 365 g/mol. The second-order valence-corrected chi connectivity index (χ2v) is 11.2. The molecule has 4 heteroatoms. The van der Waals surface area contributed by atoms with Crippen molar-refractivity contribution < 1.29 is 19.1 Å². The number of carbonyl (C=O) groups excluding carboxylic acids is 2. The Labute approximate surface area is 158 Å². The first-order valence-corrected chi connectivity index (χ1v) is 10.3. The molecule has 0 radical (unpaired) electrons. The molecule has 4 saturated carbocycles. The van der Waals surface area contributed by atoms with Crippen molar-refractivity contribution in [1.29, 1.82) is 0 Å². The van der Waals surface area contributed by atoms with Crippen molar-refractivity contribution in [3.8, 4) is 0 Å². The van der Waals surface area contributed by atoms with Gasteiger partial charge in [-0.05, 0) is 88.4 Å². The number of rotatable bonds is 5. The first-order valence-electron chi connectivity index (χ1n) is 10.3. The van der Waals surface area contributed by atoms with Gasteiger partial charge in [0.25, 0.3) is 0 Å². The van der Waals surface area contributed by atoms with E-state index in [1.54, 1.807) is 0 Å². The molecule has 4 nitrogen and oxygen atoms in total. The Bertz CT molecular complexity index is 541. The fourth-order valence-corrected chi connectivity index (χ4v) is 6.28. The van der Waals surface area contributed by atoms with E-state index in [4.69, 9.17) is 9.47 Å². The van der Waals surface area contributed by atoms with Crippen molar-refractivity contribution in [3.63, 3.8) is 0 Å². The summed E-state index contributed by atoms with van der Waals surface area (Å²) in [5.74, 6) is 1.92. The van der Waals surface area contributed by atoms with Crippen LogP contribution < -0.4 is 0 Å². The molecule has 0 saturated heterocycles. The largest absolute Gasteiger partial charge is 0.456 e. The van der Waals surface area contributed by atoms with Gasteiger partial charge < -0.3 is 9.47 Å². The SMILES string of the molecule is CC(C)(C)CC(C)(C)C(=O)OCC(=O)OC1(C)C2CC3CC(C2)CC1C3. The molecular formula is C22H36O4. The molecule has 4 bridgehead atoms. The normalized spacial score (nSPS) is 36.1. The van der Waals surface area contributed by atoms with Gasteiger partial charge >= 0.3 is 11.9 Å². The molecule has 4 fully saturated rings. The van der Waals surface area contributed by atoms with Crippen LogP contribution in [0.15, 0.2) is 0 Å². The summed E-state index contributed by atoms with van der Waals surface area (Å²) in [7, 11) is 0. The van der Waals surface area contributed by atoms with Crippen molar-refractivity contribution in [2.75, 3.05) is 6.61 Å². The number of ether oxygens (including phenoxy) is 2. The van der Waals surface area contributed by atoms with Crippen molar-refractivity contribution in [3.05, 3.63) is 0 Å². The summed E-state index contributed by atoms with van der Waals surface area (Å²) in [6.45, 7) is 11.9. The topological polar surface area (TPSA) is 52.6 Å². The number of carbonyl (C=O) groups is 2. The lowest BCUT2D eigenvalue weighted by Gasteiger charge is -2.59. The quantitative estimate of drug-likeness (QED) is 0.661. The summed E-state index contributed by atoms with van der Waals surface area (Å²) in [4.78, 5) is 24.9. The zero-order chi connectivity index (χ0) is 19.3. The van der Waals surface area contributed by atoms with Crippen molar-refractivity contribution >= 4 is 11.9 Å². The highest BCUT2D eigenvalue weighted by molar-refractivity contribution is 5.80. The second-order valence-electron chi connectivity index (χ2n) is 11.2. The van der Waals surface area contributed by atoms with E-state index in [1.165, 1.54) is 32.1 Å². The number of esters is 2. The van der Waals surface area contributed by atoms with Gasteiger partial charge in [-0.25, -0.2) is 4.79 Å². The Kier molecular flexibility index (Phi) is 4.94. The zero-order valence-corrected chi connectivity index (χ0v) is 17.4. The summed E-state index contributed by atoms with van der Waals surface area (Å²) >= 11 is 0. The van der Waals surface area contributed by atoms with Gasteiger partial charge in [0.1, 0.15) is 5.60 Å². The third-order valence-corrected chi connectivity index (χ3v) is 6.94. The van der Waals surface area contributed by atoms with Crippen LogP contribution in [0.2, 0.25) is 0 Å². The molecule has 26 heavy (non-hydrogen) atoms. The number of hydrogen-bond donors (Lipinski definition) is 0. The Balaban J connectivity index is 1.54. The van der Waals surface area contributed by atoms with E-state index >= 15 is 0 Å². The molecule has 0 aromatic rings. The molecule has 0 aliphatic heterocycles. The van der Waals surface area contributed by atoms with Crippen LogP contribution in [0.5, 0.6) is 0 Å². The van der Waals surface area contributed by atoms with E-state index in [0.29, 0.717) is 18.3 Å². The van der Waals surface area contributed by atoms with E-state index in [-0.39, 0.29) is 29.6 Å². The van der Waals surface area contributed by atoms with Crippen molar-refractivity contribution in [1.82, 2.24) is 0 Å². The third kappa shape index (κ3) is 3.94. The molecule has 0 spiro atoms. The van der Waals surface area contributed by atoms with Crippen LogP contribution in [0.4, 0.5) is 0 Å².